The third kappa shape index (κ3) is 2.41. The van der Waals surface area contributed by atoms with Crippen molar-refractivity contribution in [2.75, 3.05) is 0 Å². The Morgan fingerprint density at radius 1 is 0.812 bits per heavy atom. The van der Waals surface area contributed by atoms with E-state index in [0.717, 1.165) is 0 Å². The molecule has 0 amide bonds. The van der Waals surface area contributed by atoms with Gasteiger partial charge in [0.15, 0.2) is 0 Å². The first-order valence-corrected chi connectivity index (χ1v) is 5.07. The summed E-state index contributed by atoms with van der Waals surface area (Å²) in [5.41, 5.74) is -1.89. The summed E-state index contributed by atoms with van der Waals surface area (Å²) in [5, 5.41) is 0. The molecule has 0 bridgehead atoms. The van der Waals surface area contributed by atoms with Gasteiger partial charge in [-0.05, 0) is 39.8 Å². The van der Waals surface area contributed by atoms with Crippen LogP contribution in [0.2, 0.25) is 0 Å². The van der Waals surface area contributed by atoms with Crippen molar-refractivity contribution < 1.29 is 9.59 Å². The molecular formula is C14H14O2. The van der Waals surface area contributed by atoms with Crippen molar-refractivity contribution >= 4 is 11.6 Å². The van der Waals surface area contributed by atoms with Gasteiger partial charge in [-0.1, -0.05) is 23.7 Å². The Morgan fingerprint density at radius 2 is 1.12 bits per heavy atom. The Balaban J connectivity index is 3.32. The monoisotopic (exact) mass is 214 g/mol. The predicted octanol–water partition coefficient (Wildman–Crippen LogP) is 1.75. The largest absolute Gasteiger partial charge is 0.289 e. The molecule has 1 aliphatic rings. The van der Waals surface area contributed by atoms with Gasteiger partial charge in [0.05, 0.1) is 10.8 Å². The molecule has 1 rings (SSSR count). The third-order valence-corrected chi connectivity index (χ3v) is 2.36. The lowest BCUT2D eigenvalue weighted by molar-refractivity contribution is -0.143. The van der Waals surface area contributed by atoms with E-state index in [9.17, 15) is 9.59 Å². The van der Waals surface area contributed by atoms with Crippen LogP contribution in [0.25, 0.3) is 0 Å². The Hall–Kier alpha value is -1.80. The van der Waals surface area contributed by atoms with E-state index in [-0.39, 0.29) is 0 Å². The number of ketones is 2. The second-order valence-electron chi connectivity index (χ2n) is 4.78. The lowest BCUT2D eigenvalue weighted by Crippen LogP contribution is -2.38. The summed E-state index contributed by atoms with van der Waals surface area (Å²) in [6, 6.07) is 0. The molecule has 0 radical (unpaired) electrons. The molecule has 0 saturated carbocycles. The minimum atomic E-state index is -0.947. The highest BCUT2D eigenvalue weighted by atomic mass is 16.2. The van der Waals surface area contributed by atoms with Crippen molar-refractivity contribution in [2.45, 2.75) is 27.7 Å². The molecule has 2 nitrogen and oxygen atoms in total. The van der Waals surface area contributed by atoms with Crippen molar-refractivity contribution in [3.05, 3.63) is 12.2 Å². The van der Waals surface area contributed by atoms with Crippen LogP contribution in [0.4, 0.5) is 0 Å². The van der Waals surface area contributed by atoms with Crippen molar-refractivity contribution in [2.24, 2.45) is 10.8 Å². The number of Topliss-reactive ketones (excluding diaryl/α,β-unsaturated/α-hetero) is 2. The molecule has 16 heavy (non-hydrogen) atoms. The number of carbonyl (C=O) groups excluding carboxylic acids is 2. The standard InChI is InChI=1S/C14H14O2/c1-13(2)9-7-5-6-8-10-14(3,4)12(16)11(13)15/h5-6H,1-4H3/b6-5-. The summed E-state index contributed by atoms with van der Waals surface area (Å²) in [6.45, 7) is 6.61. The second-order valence-corrected chi connectivity index (χ2v) is 4.78. The van der Waals surface area contributed by atoms with Crippen LogP contribution in [0, 0.1) is 34.5 Å². The van der Waals surface area contributed by atoms with Gasteiger partial charge in [0.1, 0.15) is 0 Å². The van der Waals surface area contributed by atoms with Crippen molar-refractivity contribution in [3.63, 3.8) is 0 Å². The molecule has 0 aromatic heterocycles. The van der Waals surface area contributed by atoms with Crippen LogP contribution in [0.5, 0.6) is 0 Å². The fourth-order valence-electron chi connectivity index (χ4n) is 1.21. The molecule has 0 saturated heterocycles. The average Bonchev–Trinajstić information content (AvgIpc) is 2.19. The average molecular weight is 214 g/mol. The van der Waals surface area contributed by atoms with E-state index in [0.29, 0.717) is 0 Å². The molecule has 0 N–H and O–H groups in total. The fourth-order valence-corrected chi connectivity index (χ4v) is 1.21. The predicted molar refractivity (Wildman–Crippen MR) is 62.3 cm³/mol. The fraction of sp³-hybridized carbons (Fsp3) is 0.429. The van der Waals surface area contributed by atoms with E-state index >= 15 is 0 Å². The van der Waals surface area contributed by atoms with Crippen LogP contribution in [-0.2, 0) is 9.59 Å². The summed E-state index contributed by atoms with van der Waals surface area (Å²) >= 11 is 0. The molecule has 0 atom stereocenters. The maximum Gasteiger partial charge on any atom is 0.217 e. The minimum absolute atomic E-state index is 0.477. The highest BCUT2D eigenvalue weighted by Crippen LogP contribution is 2.24. The summed E-state index contributed by atoms with van der Waals surface area (Å²) in [7, 11) is 0. The van der Waals surface area contributed by atoms with E-state index in [2.05, 4.69) is 23.7 Å². The Kier molecular flexibility index (Phi) is 3.06. The Morgan fingerprint density at radius 3 is 1.44 bits per heavy atom. The molecule has 0 spiro atoms. The number of carbonyl (C=O) groups is 2. The van der Waals surface area contributed by atoms with Crippen LogP contribution in [0.1, 0.15) is 27.7 Å². The van der Waals surface area contributed by atoms with Gasteiger partial charge in [0, 0.05) is 0 Å². The second kappa shape index (κ2) is 3.99. The van der Waals surface area contributed by atoms with E-state index in [1.807, 2.05) is 0 Å². The van der Waals surface area contributed by atoms with Crippen LogP contribution in [0.15, 0.2) is 12.2 Å². The van der Waals surface area contributed by atoms with E-state index in [1.165, 1.54) is 0 Å². The van der Waals surface area contributed by atoms with Gasteiger partial charge in [0.25, 0.3) is 0 Å². The maximum absolute atomic E-state index is 12.0. The summed E-state index contributed by atoms with van der Waals surface area (Å²) in [6.07, 6.45) is 3.18. The van der Waals surface area contributed by atoms with Crippen LogP contribution in [0.3, 0.4) is 0 Å². The molecule has 82 valence electrons. The van der Waals surface area contributed by atoms with Crippen molar-refractivity contribution in [1.82, 2.24) is 0 Å². The molecule has 0 fully saturated rings. The first-order valence-electron chi connectivity index (χ1n) is 5.07. The molecule has 0 unspecified atom stereocenters. The van der Waals surface area contributed by atoms with Gasteiger partial charge >= 0.3 is 0 Å². The molecule has 1 aliphatic carbocycles. The molecular weight excluding hydrogens is 200 g/mol. The zero-order valence-electron chi connectivity index (χ0n) is 9.97. The van der Waals surface area contributed by atoms with Crippen LogP contribution < -0.4 is 0 Å². The van der Waals surface area contributed by atoms with Gasteiger partial charge in [-0.2, -0.15) is 0 Å². The zero-order valence-corrected chi connectivity index (χ0v) is 9.97. The third-order valence-electron chi connectivity index (χ3n) is 2.36. The van der Waals surface area contributed by atoms with E-state index in [1.54, 1.807) is 39.8 Å². The minimum Gasteiger partial charge on any atom is -0.289 e. The molecule has 0 aliphatic heterocycles. The number of rotatable bonds is 0. The summed E-state index contributed by atoms with van der Waals surface area (Å²) in [4.78, 5) is 23.9. The smallest absolute Gasteiger partial charge is 0.217 e. The normalized spacial score (nSPS) is 23.5. The quantitative estimate of drug-likeness (QED) is 0.455. The summed E-state index contributed by atoms with van der Waals surface area (Å²) in [5.74, 6) is 10.0. The van der Waals surface area contributed by atoms with Gasteiger partial charge in [-0.25, -0.2) is 0 Å². The van der Waals surface area contributed by atoms with Gasteiger partial charge in [-0.15, -0.1) is 0 Å². The number of allylic oxidation sites excluding steroid dienone is 2. The summed E-state index contributed by atoms with van der Waals surface area (Å²) < 4.78 is 0. The highest BCUT2D eigenvalue weighted by Gasteiger charge is 2.39. The molecule has 0 aromatic carbocycles. The first-order chi connectivity index (χ1) is 7.27. The Bertz CT molecular complexity index is 436. The lowest BCUT2D eigenvalue weighted by atomic mass is 9.77. The molecule has 0 aromatic rings. The Labute approximate surface area is 96.1 Å². The lowest BCUT2D eigenvalue weighted by Gasteiger charge is -2.21. The van der Waals surface area contributed by atoms with E-state index < -0.39 is 22.4 Å². The van der Waals surface area contributed by atoms with Crippen LogP contribution >= 0.6 is 0 Å². The van der Waals surface area contributed by atoms with Gasteiger partial charge < -0.3 is 0 Å². The first kappa shape index (κ1) is 12.3. The SMILES string of the molecule is CC1(C)C#C/C=C\C#CC(C)(C)C(=O)C1=O. The topological polar surface area (TPSA) is 34.1 Å². The number of hydrogen-bond donors (Lipinski definition) is 0. The maximum atomic E-state index is 12.0. The van der Waals surface area contributed by atoms with Crippen LogP contribution in [-0.4, -0.2) is 11.6 Å². The molecule has 2 heteroatoms. The highest BCUT2D eigenvalue weighted by molar-refractivity contribution is 6.42. The van der Waals surface area contributed by atoms with E-state index in [4.69, 9.17) is 0 Å². The van der Waals surface area contributed by atoms with Crippen molar-refractivity contribution in [1.29, 1.82) is 0 Å². The van der Waals surface area contributed by atoms with Gasteiger partial charge in [0.2, 0.25) is 11.6 Å². The number of hydrogen-bond acceptors (Lipinski definition) is 2. The van der Waals surface area contributed by atoms with Crippen molar-refractivity contribution in [3.8, 4) is 23.7 Å². The zero-order chi connectivity index (χ0) is 12.4. The van der Waals surface area contributed by atoms with Gasteiger partial charge in [-0.3, -0.25) is 9.59 Å². The molecule has 0 heterocycles.